The molecular formula is C25H21BrF3N5O2. The number of hydrogen-bond acceptors (Lipinski definition) is 5. The Morgan fingerprint density at radius 1 is 1.25 bits per heavy atom. The van der Waals surface area contributed by atoms with Gasteiger partial charge in [-0.3, -0.25) is 9.78 Å². The molecule has 1 aliphatic rings. The van der Waals surface area contributed by atoms with E-state index in [0.717, 1.165) is 18.9 Å². The second kappa shape index (κ2) is 9.62. The first-order valence-electron chi connectivity index (χ1n) is 11.3. The van der Waals surface area contributed by atoms with Crippen molar-refractivity contribution in [1.82, 2.24) is 19.7 Å². The summed E-state index contributed by atoms with van der Waals surface area (Å²) in [6.07, 6.45) is 5.87. The van der Waals surface area contributed by atoms with Crippen molar-refractivity contribution in [3.05, 3.63) is 63.6 Å². The van der Waals surface area contributed by atoms with Crippen LogP contribution >= 0.6 is 15.9 Å². The van der Waals surface area contributed by atoms with E-state index in [4.69, 9.17) is 4.74 Å². The van der Waals surface area contributed by atoms with Gasteiger partial charge in [-0.05, 0) is 53.4 Å². The van der Waals surface area contributed by atoms with E-state index in [-0.39, 0.29) is 32.1 Å². The van der Waals surface area contributed by atoms with Crippen molar-refractivity contribution in [2.45, 2.75) is 25.5 Å². The molecule has 0 N–H and O–H groups in total. The Balaban J connectivity index is 1.76. The number of carbonyl (C=O) groups is 1. The van der Waals surface area contributed by atoms with Crippen LogP contribution in [0.1, 0.15) is 41.4 Å². The molecule has 186 valence electrons. The number of fused-ring (bicyclic) bond motifs is 2. The summed E-state index contributed by atoms with van der Waals surface area (Å²) in [7, 11) is 3.45. The number of aromatic nitrogens is 3. The molecule has 2 aromatic carbocycles. The Kier molecular flexibility index (Phi) is 6.52. The number of nitrogens with zero attached hydrogens (tertiary/aromatic N) is 5. The summed E-state index contributed by atoms with van der Waals surface area (Å²) in [4.78, 5) is 24.1. The number of pyridine rings is 1. The first kappa shape index (κ1) is 24.4. The van der Waals surface area contributed by atoms with Crippen molar-refractivity contribution in [1.29, 1.82) is 0 Å². The summed E-state index contributed by atoms with van der Waals surface area (Å²) in [5.74, 6) is -4.16. The fraction of sp³-hybridized carbons (Fsp3) is 0.280. The maximum absolute atomic E-state index is 15.7. The average molecular weight is 560 g/mol. The molecule has 7 nitrogen and oxygen atoms in total. The molecule has 0 bridgehead atoms. The van der Waals surface area contributed by atoms with Crippen LogP contribution in [0.4, 0.5) is 18.9 Å². The minimum absolute atomic E-state index is 0.0263. The zero-order chi connectivity index (χ0) is 25.6. The lowest BCUT2D eigenvalue weighted by molar-refractivity contribution is -0.0369. The van der Waals surface area contributed by atoms with Gasteiger partial charge < -0.3 is 9.64 Å². The van der Waals surface area contributed by atoms with E-state index in [9.17, 15) is 9.18 Å². The fourth-order valence-corrected chi connectivity index (χ4v) is 4.87. The Hall–Kier alpha value is -3.31. The highest BCUT2D eigenvalue weighted by Crippen LogP contribution is 2.40. The van der Waals surface area contributed by atoms with Crippen molar-refractivity contribution in [2.75, 3.05) is 20.7 Å². The number of benzene rings is 2. The molecule has 3 heterocycles. The standard InChI is InChI=1S/C25H21BrF3N5O2/c1-33(2)12-31-22-13-6-5-8-30-23(13)19(26)21(29)18(22)25(35)14-10-16(27)20(28)24-15(14)11-32-34(24)17-7-3-4-9-36-17/h5-6,8,10-12,17H,3-4,7,9H2,1-2H3. The Morgan fingerprint density at radius 2 is 2.06 bits per heavy atom. The van der Waals surface area contributed by atoms with Crippen LogP contribution in [0.25, 0.3) is 21.8 Å². The minimum Gasteiger partial charge on any atom is -0.369 e. The molecule has 1 aliphatic heterocycles. The zero-order valence-corrected chi connectivity index (χ0v) is 21.0. The highest BCUT2D eigenvalue weighted by molar-refractivity contribution is 9.10. The molecule has 0 spiro atoms. The van der Waals surface area contributed by atoms with E-state index in [1.807, 2.05) is 0 Å². The van der Waals surface area contributed by atoms with Gasteiger partial charge in [0.2, 0.25) is 0 Å². The molecule has 1 saturated heterocycles. The van der Waals surface area contributed by atoms with Gasteiger partial charge in [-0.15, -0.1) is 0 Å². The molecule has 1 fully saturated rings. The van der Waals surface area contributed by atoms with Gasteiger partial charge in [-0.25, -0.2) is 22.8 Å². The first-order chi connectivity index (χ1) is 17.3. The molecule has 11 heteroatoms. The van der Waals surface area contributed by atoms with Crippen LogP contribution in [0.3, 0.4) is 0 Å². The lowest BCUT2D eigenvalue weighted by Gasteiger charge is -2.23. The smallest absolute Gasteiger partial charge is 0.199 e. The number of aliphatic imine (C=N–C) groups is 1. The molecule has 1 unspecified atom stereocenters. The van der Waals surface area contributed by atoms with Crippen LogP contribution in [0.5, 0.6) is 0 Å². The molecule has 1 atom stereocenters. The Morgan fingerprint density at radius 3 is 2.78 bits per heavy atom. The SMILES string of the molecule is CN(C)C=Nc1c(C(=O)c2cc(F)c(F)c3c2cnn3C2CCCCO2)c(F)c(Br)c2ncccc12. The molecule has 5 rings (SSSR count). The number of halogens is 4. The van der Waals surface area contributed by atoms with Gasteiger partial charge in [0.05, 0.1) is 33.8 Å². The first-order valence-corrected chi connectivity index (χ1v) is 12.1. The molecule has 2 aromatic heterocycles. The second-order valence-electron chi connectivity index (χ2n) is 8.68. The van der Waals surface area contributed by atoms with Crippen LogP contribution in [0.2, 0.25) is 0 Å². The Labute approximate surface area is 212 Å². The summed E-state index contributed by atoms with van der Waals surface area (Å²) >= 11 is 3.20. The van der Waals surface area contributed by atoms with E-state index < -0.39 is 35.0 Å². The predicted molar refractivity (Wildman–Crippen MR) is 133 cm³/mol. The van der Waals surface area contributed by atoms with Crippen LogP contribution in [-0.4, -0.2) is 52.5 Å². The van der Waals surface area contributed by atoms with Gasteiger partial charge in [-0.2, -0.15) is 5.10 Å². The van der Waals surface area contributed by atoms with Crippen molar-refractivity contribution >= 4 is 55.5 Å². The summed E-state index contributed by atoms with van der Waals surface area (Å²) < 4.78 is 52.5. The van der Waals surface area contributed by atoms with Crippen LogP contribution in [0.15, 0.2) is 40.1 Å². The third kappa shape index (κ3) is 4.05. The van der Waals surface area contributed by atoms with Gasteiger partial charge in [0.1, 0.15) is 5.52 Å². The quantitative estimate of drug-likeness (QED) is 0.172. The summed E-state index contributed by atoms with van der Waals surface area (Å²) in [5, 5.41) is 4.68. The molecule has 36 heavy (non-hydrogen) atoms. The zero-order valence-electron chi connectivity index (χ0n) is 19.4. The monoisotopic (exact) mass is 559 g/mol. The van der Waals surface area contributed by atoms with Gasteiger partial charge in [0.25, 0.3) is 0 Å². The topological polar surface area (TPSA) is 72.6 Å². The molecule has 4 aromatic rings. The highest BCUT2D eigenvalue weighted by Gasteiger charge is 2.30. The third-order valence-corrected chi connectivity index (χ3v) is 6.74. The van der Waals surface area contributed by atoms with E-state index in [1.165, 1.54) is 23.4 Å². The Bertz CT molecular complexity index is 1530. The van der Waals surface area contributed by atoms with Gasteiger partial charge in [-0.1, -0.05) is 0 Å². The van der Waals surface area contributed by atoms with Crippen LogP contribution in [-0.2, 0) is 4.74 Å². The van der Waals surface area contributed by atoms with E-state index in [1.54, 1.807) is 31.1 Å². The number of ketones is 1. The highest BCUT2D eigenvalue weighted by atomic mass is 79.9. The fourth-order valence-electron chi connectivity index (χ4n) is 4.35. The lowest BCUT2D eigenvalue weighted by Crippen LogP contribution is -2.19. The maximum atomic E-state index is 15.7. The molecule has 0 radical (unpaired) electrons. The van der Waals surface area contributed by atoms with Crippen molar-refractivity contribution in [2.24, 2.45) is 4.99 Å². The summed E-state index contributed by atoms with van der Waals surface area (Å²) in [6.45, 7) is 0.465. The minimum atomic E-state index is -1.25. The molecule has 0 saturated carbocycles. The largest absolute Gasteiger partial charge is 0.369 e. The predicted octanol–water partition coefficient (Wildman–Crippen LogP) is 5.92. The van der Waals surface area contributed by atoms with E-state index >= 15 is 8.78 Å². The number of hydrogen-bond donors (Lipinski definition) is 0. The van der Waals surface area contributed by atoms with Crippen molar-refractivity contribution < 1.29 is 22.7 Å². The number of ether oxygens (including phenoxy) is 1. The van der Waals surface area contributed by atoms with Crippen LogP contribution < -0.4 is 0 Å². The van der Waals surface area contributed by atoms with Crippen molar-refractivity contribution in [3.63, 3.8) is 0 Å². The lowest BCUT2D eigenvalue weighted by atomic mass is 9.96. The third-order valence-electron chi connectivity index (χ3n) is 6.01. The van der Waals surface area contributed by atoms with Gasteiger partial charge >= 0.3 is 0 Å². The number of rotatable bonds is 5. The number of carbonyl (C=O) groups excluding carboxylic acids is 1. The molecular weight excluding hydrogens is 539 g/mol. The normalized spacial score (nSPS) is 16.3. The van der Waals surface area contributed by atoms with Crippen molar-refractivity contribution in [3.8, 4) is 0 Å². The van der Waals surface area contributed by atoms with E-state index in [2.05, 4.69) is 31.0 Å². The van der Waals surface area contributed by atoms with E-state index in [0.29, 0.717) is 18.4 Å². The maximum Gasteiger partial charge on any atom is 0.199 e. The molecule has 0 amide bonds. The second-order valence-corrected chi connectivity index (χ2v) is 9.47. The van der Waals surface area contributed by atoms with Crippen LogP contribution in [0, 0.1) is 17.5 Å². The molecule has 0 aliphatic carbocycles. The average Bonchev–Trinajstić information content (AvgIpc) is 3.33. The van der Waals surface area contributed by atoms with Gasteiger partial charge in [0, 0.05) is 43.2 Å². The summed E-state index contributed by atoms with van der Waals surface area (Å²) in [5.41, 5.74) is -0.533. The van der Waals surface area contributed by atoms with Gasteiger partial charge in [0.15, 0.2) is 29.5 Å². The summed E-state index contributed by atoms with van der Waals surface area (Å²) in [6, 6.07) is 4.07.